The van der Waals surface area contributed by atoms with E-state index in [1.165, 1.54) is 13.8 Å². The molecule has 2 aromatic rings. The summed E-state index contributed by atoms with van der Waals surface area (Å²) in [5.41, 5.74) is 4.03. The van der Waals surface area contributed by atoms with Gasteiger partial charge in [-0.2, -0.15) is 0 Å². The summed E-state index contributed by atoms with van der Waals surface area (Å²) in [6, 6.07) is 0. The Kier molecular flexibility index (Phi) is 27.1. The number of carbonyl (C=O) groups excluding carboxylic acids is 4. The van der Waals surface area contributed by atoms with Gasteiger partial charge in [-0.25, -0.2) is 19.3 Å². The lowest BCUT2D eigenvalue weighted by Crippen LogP contribution is -2.48. The number of ether oxygens (including phenoxy) is 3. The predicted molar refractivity (Wildman–Crippen MR) is 265 cm³/mol. The molecule has 2 aromatic heterocycles. The van der Waals surface area contributed by atoms with Gasteiger partial charge in [0.15, 0.2) is 29.1 Å². The van der Waals surface area contributed by atoms with E-state index < -0.39 is 103 Å². The molecule has 29 nitrogen and oxygen atoms in total. The highest BCUT2D eigenvalue weighted by molar-refractivity contribution is 8.13. The number of hydrogen-bond acceptors (Lipinski definition) is 27. The van der Waals surface area contributed by atoms with Crippen LogP contribution in [0.5, 0.6) is 0 Å². The second-order valence-electron chi connectivity index (χ2n) is 19.5. The molecule has 0 radical (unpaired) electrons. The van der Waals surface area contributed by atoms with Crippen LogP contribution in [-0.2, 0) is 65.0 Å². The van der Waals surface area contributed by atoms with Gasteiger partial charge in [-0.3, -0.25) is 32.9 Å². The summed E-state index contributed by atoms with van der Waals surface area (Å²) in [6.45, 7) is 3.60. The molecule has 0 saturated carbocycles. The Labute approximate surface area is 449 Å². The van der Waals surface area contributed by atoms with Crippen LogP contribution in [0.1, 0.15) is 130 Å². The number of hydrogen-bond donors (Lipinski definition) is 7. The van der Waals surface area contributed by atoms with Crippen LogP contribution in [0, 0.1) is 5.41 Å². The number of phosphoric acid groups is 3. The average molecular weight is 1180 g/mol. The Balaban J connectivity index is 1.01. The van der Waals surface area contributed by atoms with Gasteiger partial charge in [0.05, 0.1) is 52.1 Å². The molecule has 440 valence electrons. The average Bonchev–Trinajstić information content (AvgIpc) is 3.90. The molecule has 2 fully saturated rings. The number of thioether (sulfide) groups is 1. The van der Waals surface area contributed by atoms with Gasteiger partial charge in [0.1, 0.15) is 48.1 Å². The molecular weight excluding hydrogens is 1100 g/mol. The summed E-state index contributed by atoms with van der Waals surface area (Å²) in [5, 5.41) is 45.9. The number of aliphatic hydroxyl groups excluding tert-OH is 4. The summed E-state index contributed by atoms with van der Waals surface area (Å²) in [6.07, 6.45) is 1.09. The lowest BCUT2D eigenvalue weighted by Gasteiger charge is -2.36. The van der Waals surface area contributed by atoms with Gasteiger partial charge in [0.2, 0.25) is 11.8 Å². The minimum atomic E-state index is -5.95. The van der Waals surface area contributed by atoms with E-state index in [2.05, 4.69) is 43.5 Å². The van der Waals surface area contributed by atoms with E-state index in [1.54, 1.807) is 6.92 Å². The zero-order chi connectivity index (χ0) is 57.1. The zero-order valence-corrected chi connectivity index (χ0v) is 46.8. The third kappa shape index (κ3) is 23.2. The van der Waals surface area contributed by atoms with E-state index in [4.69, 9.17) is 19.9 Å². The summed E-state index contributed by atoms with van der Waals surface area (Å²) < 4.78 is 72.3. The highest BCUT2D eigenvalue weighted by atomic mass is 32.2. The number of imidazole rings is 1. The number of carbonyl (C=O) groups is 4. The zero-order valence-electron chi connectivity index (χ0n) is 43.3. The number of nitrogens with zero attached hydrogens (tertiary/aromatic N) is 4. The van der Waals surface area contributed by atoms with Gasteiger partial charge in [-0.1, -0.05) is 83.4 Å². The van der Waals surface area contributed by atoms with Crippen molar-refractivity contribution in [3.05, 3.63) is 12.7 Å². The Hall–Kier alpha value is -2.93. The molecule has 2 saturated heterocycles. The molecular formula is C44H72N7O22P3S-4. The van der Waals surface area contributed by atoms with Gasteiger partial charge >= 0.3 is 0 Å². The molecule has 77 heavy (non-hydrogen) atoms. The molecule has 33 heteroatoms. The second-order valence-corrected chi connectivity index (χ2v) is 24.7. The van der Waals surface area contributed by atoms with Crippen LogP contribution >= 0.6 is 35.2 Å². The molecule has 2 amide bonds. The molecule has 0 aliphatic carbocycles. The van der Waals surface area contributed by atoms with Crippen LogP contribution in [-0.4, -0.2) is 150 Å². The van der Waals surface area contributed by atoms with E-state index >= 15 is 0 Å². The fourth-order valence-corrected chi connectivity index (χ4v) is 11.5. The number of phosphoric ester groups is 3. The van der Waals surface area contributed by atoms with Crippen molar-refractivity contribution in [2.75, 3.05) is 37.8 Å². The second kappa shape index (κ2) is 31.3. The lowest BCUT2D eigenvalue weighted by atomic mass is 9.87. The van der Waals surface area contributed by atoms with Gasteiger partial charge in [-0.15, -0.1) is 0 Å². The molecule has 4 heterocycles. The normalized spacial score (nSPS) is 24.5. The van der Waals surface area contributed by atoms with Gasteiger partial charge in [0, 0.05) is 43.5 Å². The van der Waals surface area contributed by atoms with E-state index in [0.29, 0.717) is 12.8 Å². The van der Waals surface area contributed by atoms with Crippen LogP contribution in [0.15, 0.2) is 12.7 Å². The van der Waals surface area contributed by atoms with Crippen molar-refractivity contribution in [3.8, 4) is 0 Å². The van der Waals surface area contributed by atoms with Crippen LogP contribution in [0.4, 0.5) is 5.82 Å². The molecule has 8 N–H and O–H groups in total. The number of ketones is 1. The Morgan fingerprint density at radius 1 is 0.883 bits per heavy atom. The topological polar surface area (TPSA) is 451 Å². The maximum Gasteiger partial charge on any atom is 0.274 e. The van der Waals surface area contributed by atoms with E-state index in [1.807, 2.05) is 6.92 Å². The van der Waals surface area contributed by atoms with Crippen molar-refractivity contribution in [1.29, 1.82) is 0 Å². The molecule has 0 aromatic carbocycles. The number of amides is 2. The van der Waals surface area contributed by atoms with E-state index in [-0.39, 0.29) is 78.2 Å². The number of aromatic nitrogens is 4. The van der Waals surface area contributed by atoms with E-state index in [0.717, 1.165) is 93.2 Å². The smallest absolute Gasteiger partial charge is 0.274 e. The minimum Gasteiger partial charge on any atom is -0.790 e. The maximum atomic E-state index is 12.7. The first-order valence-corrected chi connectivity index (χ1v) is 30.6. The highest BCUT2D eigenvalue weighted by Crippen LogP contribution is 2.56. The number of nitrogens with two attached hydrogens (primary N) is 1. The van der Waals surface area contributed by atoms with Gasteiger partial charge in [-0.05, 0) is 26.7 Å². The number of Topliss-reactive ketones (excluding diaryl/α,β-unsaturated/α-hetero) is 1. The molecule has 0 spiro atoms. The minimum absolute atomic E-state index is 0.0314. The largest absolute Gasteiger partial charge is 0.790 e. The fraction of sp³-hybridized carbons (Fsp3) is 0.795. The molecule has 12 atom stereocenters. The van der Waals surface area contributed by atoms with Gasteiger partial charge < -0.3 is 88.7 Å². The SMILES string of the molecule is C[C@H](CCCCCCCCCCCCC(=O)CC(=O)SCCNC(=O)CCNC(=O)[C@H](O)C(C)(C)COP(=O)([O-])OP(=O)([O-])OC[C@H]1O[C@@H](n2cnc3c(N)ncnc32)[C@H](O)[C@@H]1OP(=O)([O-])[O-])O[C@@H]1O[C@@H](C)[C@H](O)C[C@H]1O. The van der Waals surface area contributed by atoms with Crippen LogP contribution in [0.3, 0.4) is 0 Å². The number of nitrogen functional groups attached to an aromatic ring is 1. The standard InChI is InChI=1S/C44H76N7O22P3S/c1-27(69-43-31(54)22-30(53)28(2)70-43)15-13-11-9-7-5-6-8-10-12-14-16-29(52)21-34(56)77-20-19-46-33(55)17-18-47-41(59)38(58)44(3,4)24-68-76(65,66)73-75(63,64)67-23-32-37(72-74(60,61)62)36(57)42(71-32)51-26-50-35-39(45)48-25-49-40(35)51/h25-28,30-32,36-38,42-43,53-54,57-58H,5-24H2,1-4H3,(H,46,55)(H,47,59)(H,63,64)(H,65,66)(H2,45,48,49)(H2,60,61,62)/p-4/t27-,28+,30-,31-,32-,36-,37-,38+,42-,43-/m1/s1. The maximum absolute atomic E-state index is 12.7. The van der Waals surface area contributed by atoms with Crippen molar-refractivity contribution in [2.45, 2.75) is 185 Å². The molecule has 2 aliphatic heterocycles. The van der Waals surface area contributed by atoms with Crippen molar-refractivity contribution >= 4 is 74.9 Å². The van der Waals surface area contributed by atoms with E-state index in [9.17, 15) is 72.9 Å². The first-order valence-electron chi connectivity index (χ1n) is 25.2. The summed E-state index contributed by atoms with van der Waals surface area (Å²) >= 11 is 0.906. The number of rotatable bonds is 36. The number of unbranched alkanes of at least 4 members (excludes halogenated alkanes) is 9. The number of nitrogens with one attached hydrogen (secondary N) is 2. The fourth-order valence-electron chi connectivity index (χ4n) is 8.10. The van der Waals surface area contributed by atoms with Crippen LogP contribution in [0.25, 0.3) is 11.2 Å². The number of fused-ring (bicyclic) bond motifs is 1. The Bertz CT molecular complexity index is 2370. The van der Waals surface area contributed by atoms with Crippen molar-refractivity contribution in [1.82, 2.24) is 30.2 Å². The molecule has 0 bridgehead atoms. The predicted octanol–water partition coefficient (Wildman–Crippen LogP) is 0.0389. The summed E-state index contributed by atoms with van der Waals surface area (Å²) in [5.74, 6) is -1.60. The van der Waals surface area contributed by atoms with Crippen molar-refractivity contribution in [3.63, 3.8) is 0 Å². The highest BCUT2D eigenvalue weighted by Gasteiger charge is 2.47. The number of aliphatic hydroxyl groups is 4. The third-order valence-electron chi connectivity index (χ3n) is 12.5. The summed E-state index contributed by atoms with van der Waals surface area (Å²) in [4.78, 5) is 109. The van der Waals surface area contributed by atoms with Crippen LogP contribution in [0.2, 0.25) is 0 Å². The Morgan fingerprint density at radius 3 is 2.18 bits per heavy atom. The van der Waals surface area contributed by atoms with Gasteiger partial charge in [0.25, 0.3) is 15.6 Å². The first kappa shape index (κ1) is 66.6. The number of anilines is 1. The Morgan fingerprint density at radius 2 is 1.52 bits per heavy atom. The quantitative estimate of drug-likeness (QED) is 0.0269. The third-order valence-corrected chi connectivity index (χ3v) is 16.3. The molecule has 2 unspecified atom stereocenters. The summed E-state index contributed by atoms with van der Waals surface area (Å²) in [7, 11) is -17.7. The van der Waals surface area contributed by atoms with Crippen molar-refractivity contribution < 1.29 is 105 Å². The van der Waals surface area contributed by atoms with Crippen molar-refractivity contribution in [2.24, 2.45) is 5.41 Å². The van der Waals surface area contributed by atoms with Crippen LogP contribution < -0.4 is 35.9 Å². The molecule has 4 rings (SSSR count). The first-order chi connectivity index (χ1) is 36.1. The molecule has 2 aliphatic rings. The lowest BCUT2D eigenvalue weighted by molar-refractivity contribution is -0.347. The monoisotopic (exact) mass is 1180 g/mol.